The first kappa shape index (κ1) is 17.0. The third-order valence-corrected chi connectivity index (χ3v) is 3.70. The topological polar surface area (TPSA) is 109 Å². The van der Waals surface area contributed by atoms with Crippen molar-refractivity contribution in [1.29, 1.82) is 0 Å². The normalized spacial score (nSPS) is 11.7. The summed E-state index contributed by atoms with van der Waals surface area (Å²) in [7, 11) is 0. The van der Waals surface area contributed by atoms with Crippen LogP contribution in [-0.2, 0) is 9.59 Å². The van der Waals surface area contributed by atoms with Gasteiger partial charge in [-0.2, -0.15) is 0 Å². The molecule has 1 aromatic carbocycles. The third kappa shape index (κ3) is 5.11. The van der Waals surface area contributed by atoms with Gasteiger partial charge in [0.2, 0.25) is 5.91 Å². The van der Waals surface area contributed by atoms with E-state index in [1.54, 1.807) is 19.1 Å². The standard InChI is InChI=1S/C14H18N2O4S/c1-8-3-4-9(21-2)7-10(8)13(18)16-11(14(19)20)5-6-12(15)17/h3-4,7,11H,5-6H2,1-2H3,(H2,15,17)(H,16,18)(H,19,20). The quantitative estimate of drug-likeness (QED) is 0.655. The number of hydrogen-bond acceptors (Lipinski definition) is 4. The maximum atomic E-state index is 12.2. The van der Waals surface area contributed by atoms with Crippen LogP contribution in [0.5, 0.6) is 0 Å². The molecule has 1 unspecified atom stereocenters. The Labute approximate surface area is 127 Å². The number of nitrogens with two attached hydrogens (primary N) is 1. The molecule has 0 saturated heterocycles. The molecule has 0 aromatic heterocycles. The summed E-state index contributed by atoms with van der Waals surface area (Å²) < 4.78 is 0. The fourth-order valence-electron chi connectivity index (χ4n) is 1.75. The van der Waals surface area contributed by atoms with Gasteiger partial charge in [-0.05, 0) is 37.3 Å². The Hall–Kier alpha value is -2.02. The van der Waals surface area contributed by atoms with Crippen molar-refractivity contribution >= 4 is 29.5 Å². The van der Waals surface area contributed by atoms with Gasteiger partial charge >= 0.3 is 5.97 Å². The highest BCUT2D eigenvalue weighted by atomic mass is 32.2. The second kappa shape index (κ2) is 7.68. The Balaban J connectivity index is 2.86. The number of aryl methyl sites for hydroxylation is 1. The molecule has 0 bridgehead atoms. The summed E-state index contributed by atoms with van der Waals surface area (Å²) in [6.45, 7) is 1.78. The molecule has 0 spiro atoms. The van der Waals surface area contributed by atoms with Gasteiger partial charge in [-0.15, -0.1) is 11.8 Å². The van der Waals surface area contributed by atoms with Crippen molar-refractivity contribution in [3.05, 3.63) is 29.3 Å². The average Bonchev–Trinajstić information content (AvgIpc) is 2.43. The minimum atomic E-state index is -1.19. The SMILES string of the molecule is CSc1ccc(C)c(C(=O)NC(CCC(N)=O)C(=O)O)c1. The number of rotatable bonds is 7. The maximum absolute atomic E-state index is 12.2. The number of benzene rings is 1. The first-order chi connectivity index (χ1) is 9.85. The zero-order valence-corrected chi connectivity index (χ0v) is 12.7. The van der Waals surface area contributed by atoms with Crippen molar-refractivity contribution < 1.29 is 19.5 Å². The van der Waals surface area contributed by atoms with E-state index < -0.39 is 23.8 Å². The number of amides is 2. The zero-order chi connectivity index (χ0) is 16.0. The lowest BCUT2D eigenvalue weighted by Crippen LogP contribution is -2.41. The van der Waals surface area contributed by atoms with Crippen LogP contribution in [0.15, 0.2) is 23.1 Å². The second-order valence-corrected chi connectivity index (χ2v) is 5.43. The minimum Gasteiger partial charge on any atom is -0.480 e. The molecular formula is C14H18N2O4S. The van der Waals surface area contributed by atoms with Crippen LogP contribution >= 0.6 is 11.8 Å². The van der Waals surface area contributed by atoms with E-state index in [2.05, 4.69) is 5.32 Å². The van der Waals surface area contributed by atoms with E-state index in [9.17, 15) is 14.4 Å². The Bertz CT molecular complexity index is 560. The number of primary amides is 1. The highest BCUT2D eigenvalue weighted by Crippen LogP contribution is 2.19. The first-order valence-electron chi connectivity index (χ1n) is 6.31. The van der Waals surface area contributed by atoms with E-state index in [1.807, 2.05) is 12.3 Å². The van der Waals surface area contributed by atoms with E-state index in [-0.39, 0.29) is 12.8 Å². The number of thioether (sulfide) groups is 1. The third-order valence-electron chi connectivity index (χ3n) is 2.97. The number of aliphatic carboxylic acids is 1. The van der Waals surface area contributed by atoms with Crippen molar-refractivity contribution in [2.75, 3.05) is 6.26 Å². The molecule has 6 nitrogen and oxygen atoms in total. The predicted octanol–water partition coefficient (Wildman–Crippen LogP) is 1.17. The van der Waals surface area contributed by atoms with Crippen molar-refractivity contribution in [3.8, 4) is 0 Å². The van der Waals surface area contributed by atoms with Gasteiger partial charge < -0.3 is 16.2 Å². The minimum absolute atomic E-state index is 0.0301. The van der Waals surface area contributed by atoms with Crippen molar-refractivity contribution in [2.45, 2.75) is 30.7 Å². The largest absolute Gasteiger partial charge is 0.480 e. The summed E-state index contributed by atoms with van der Waals surface area (Å²) in [5.41, 5.74) is 6.17. The number of carboxylic acid groups (broad SMARTS) is 1. The van der Waals surface area contributed by atoms with E-state index in [1.165, 1.54) is 11.8 Å². The fraction of sp³-hybridized carbons (Fsp3) is 0.357. The Morgan fingerprint density at radius 1 is 1.38 bits per heavy atom. The molecule has 0 heterocycles. The number of carboxylic acids is 1. The van der Waals surface area contributed by atoms with Crippen LogP contribution in [0.4, 0.5) is 0 Å². The molecule has 0 saturated carbocycles. The Morgan fingerprint density at radius 2 is 2.05 bits per heavy atom. The first-order valence-corrected chi connectivity index (χ1v) is 7.54. The van der Waals surface area contributed by atoms with Crippen LogP contribution in [0.3, 0.4) is 0 Å². The lowest BCUT2D eigenvalue weighted by molar-refractivity contribution is -0.139. The van der Waals surface area contributed by atoms with Gasteiger partial charge in [0, 0.05) is 16.9 Å². The van der Waals surface area contributed by atoms with Gasteiger partial charge in [0.1, 0.15) is 6.04 Å². The molecule has 114 valence electrons. The molecule has 1 rings (SSSR count). The summed E-state index contributed by atoms with van der Waals surface area (Å²) in [5.74, 6) is -2.26. The maximum Gasteiger partial charge on any atom is 0.326 e. The Kier molecular flexibility index (Phi) is 6.23. The molecule has 2 amide bonds. The van der Waals surface area contributed by atoms with Crippen molar-refractivity contribution in [2.24, 2.45) is 5.73 Å². The van der Waals surface area contributed by atoms with Crippen LogP contribution < -0.4 is 11.1 Å². The van der Waals surface area contributed by atoms with Gasteiger partial charge in [-0.1, -0.05) is 6.07 Å². The van der Waals surface area contributed by atoms with Crippen LogP contribution in [-0.4, -0.2) is 35.2 Å². The van der Waals surface area contributed by atoms with Gasteiger partial charge in [0.25, 0.3) is 5.91 Å². The number of nitrogens with one attached hydrogen (secondary N) is 1. The molecule has 1 atom stereocenters. The van der Waals surface area contributed by atoms with Gasteiger partial charge in [-0.25, -0.2) is 4.79 Å². The van der Waals surface area contributed by atoms with Gasteiger partial charge in [-0.3, -0.25) is 9.59 Å². The summed E-state index contributed by atoms with van der Waals surface area (Å²) in [4.78, 5) is 35.0. The average molecular weight is 310 g/mol. The van der Waals surface area contributed by atoms with E-state index in [0.717, 1.165) is 10.5 Å². The molecule has 21 heavy (non-hydrogen) atoms. The fourth-order valence-corrected chi connectivity index (χ4v) is 2.19. The van der Waals surface area contributed by atoms with Gasteiger partial charge in [0.15, 0.2) is 0 Å². The molecule has 0 fully saturated rings. The van der Waals surface area contributed by atoms with Crippen molar-refractivity contribution in [1.82, 2.24) is 5.32 Å². The second-order valence-electron chi connectivity index (χ2n) is 4.55. The molecule has 0 aliphatic carbocycles. The van der Waals surface area contributed by atoms with Crippen LogP contribution in [0.2, 0.25) is 0 Å². The molecule has 0 radical (unpaired) electrons. The predicted molar refractivity (Wildman–Crippen MR) is 80.3 cm³/mol. The molecule has 0 aliphatic heterocycles. The van der Waals surface area contributed by atoms with Gasteiger partial charge in [0.05, 0.1) is 0 Å². The smallest absolute Gasteiger partial charge is 0.326 e. The number of carbonyl (C=O) groups is 3. The lowest BCUT2D eigenvalue weighted by atomic mass is 10.1. The summed E-state index contributed by atoms with van der Waals surface area (Å²) in [6, 6.07) is 4.27. The molecule has 7 heteroatoms. The van der Waals surface area contributed by atoms with E-state index in [0.29, 0.717) is 5.56 Å². The van der Waals surface area contributed by atoms with E-state index >= 15 is 0 Å². The van der Waals surface area contributed by atoms with E-state index in [4.69, 9.17) is 10.8 Å². The number of hydrogen-bond donors (Lipinski definition) is 3. The highest BCUT2D eigenvalue weighted by Gasteiger charge is 2.22. The molecule has 4 N–H and O–H groups in total. The zero-order valence-electron chi connectivity index (χ0n) is 11.9. The summed E-state index contributed by atoms with van der Waals surface area (Å²) in [6.07, 6.45) is 1.76. The van der Waals surface area contributed by atoms with Crippen molar-refractivity contribution in [3.63, 3.8) is 0 Å². The van der Waals surface area contributed by atoms with Crippen LogP contribution in [0, 0.1) is 6.92 Å². The lowest BCUT2D eigenvalue weighted by Gasteiger charge is -2.15. The van der Waals surface area contributed by atoms with Crippen LogP contribution in [0.25, 0.3) is 0 Å². The molecule has 1 aromatic rings. The molecular weight excluding hydrogens is 292 g/mol. The number of carbonyl (C=O) groups excluding carboxylic acids is 2. The Morgan fingerprint density at radius 3 is 2.57 bits per heavy atom. The summed E-state index contributed by atoms with van der Waals surface area (Å²) in [5, 5.41) is 11.5. The van der Waals surface area contributed by atoms with Crippen LogP contribution in [0.1, 0.15) is 28.8 Å². The molecule has 0 aliphatic rings. The highest BCUT2D eigenvalue weighted by molar-refractivity contribution is 7.98. The monoisotopic (exact) mass is 310 g/mol. The summed E-state index contributed by atoms with van der Waals surface area (Å²) >= 11 is 1.49.